The summed E-state index contributed by atoms with van der Waals surface area (Å²) >= 11 is 2.18. The van der Waals surface area contributed by atoms with Gasteiger partial charge in [0.25, 0.3) is 0 Å². The largest absolute Gasteiger partial charge is 0.463 e. The summed E-state index contributed by atoms with van der Waals surface area (Å²) in [5.74, 6) is -0.224. The molecule has 0 N–H and O–H groups in total. The molecule has 0 aliphatic carbocycles. The molecular weight excluding hydrogens is 267 g/mol. The van der Waals surface area contributed by atoms with E-state index in [1.807, 2.05) is 6.92 Å². The quantitative estimate of drug-likeness (QED) is 0.440. The average Bonchev–Trinajstić information content (AvgIpc) is 2.01. The Hall–Kier alpha value is -0.0600. The van der Waals surface area contributed by atoms with Crippen molar-refractivity contribution in [3.05, 3.63) is 9.66 Å². The molecule has 0 bridgehead atoms. The van der Waals surface area contributed by atoms with Gasteiger partial charge in [-0.2, -0.15) is 0 Å². The first kappa shape index (κ1) is 11.9. The molecule has 0 radical (unpaired) electrons. The summed E-state index contributed by atoms with van der Waals surface area (Å²) in [7, 11) is 0. The molecule has 0 unspecified atom stereocenters. The van der Waals surface area contributed by atoms with Crippen molar-refractivity contribution in [2.75, 3.05) is 6.61 Å². The number of carbonyl (C=O) groups excluding carboxylic acids is 1. The third-order valence-corrected chi connectivity index (χ3v) is 2.18. The van der Waals surface area contributed by atoms with Gasteiger partial charge in [-0.05, 0) is 45.9 Å². The summed E-state index contributed by atoms with van der Waals surface area (Å²) in [6, 6.07) is 0. The van der Waals surface area contributed by atoms with Crippen LogP contribution in [-0.2, 0) is 9.53 Å². The van der Waals surface area contributed by atoms with Gasteiger partial charge in [-0.3, -0.25) is 0 Å². The highest BCUT2D eigenvalue weighted by molar-refractivity contribution is 14.1. The van der Waals surface area contributed by atoms with Crippen LogP contribution in [0.2, 0.25) is 0 Å². The lowest BCUT2D eigenvalue weighted by atomic mass is 10.2. The van der Waals surface area contributed by atoms with Crippen LogP contribution in [0.15, 0.2) is 9.66 Å². The molecule has 0 fully saturated rings. The number of esters is 1. The molecular formula is C9H15IO2. The topological polar surface area (TPSA) is 26.3 Å². The minimum atomic E-state index is -0.224. The Morgan fingerprint density at radius 1 is 1.50 bits per heavy atom. The van der Waals surface area contributed by atoms with Gasteiger partial charge in [-0.15, -0.1) is 0 Å². The number of hydrogen-bond acceptors (Lipinski definition) is 2. The van der Waals surface area contributed by atoms with E-state index in [1.165, 1.54) is 0 Å². The predicted molar refractivity (Wildman–Crippen MR) is 58.3 cm³/mol. The van der Waals surface area contributed by atoms with E-state index in [1.54, 1.807) is 6.08 Å². The monoisotopic (exact) mass is 282 g/mol. The van der Waals surface area contributed by atoms with Crippen molar-refractivity contribution < 1.29 is 9.53 Å². The van der Waals surface area contributed by atoms with Crippen LogP contribution in [0, 0.1) is 0 Å². The molecule has 0 amide bonds. The second-order valence-electron chi connectivity index (χ2n) is 2.45. The van der Waals surface area contributed by atoms with Gasteiger partial charge >= 0.3 is 5.97 Å². The Morgan fingerprint density at radius 3 is 2.67 bits per heavy atom. The lowest BCUT2D eigenvalue weighted by Gasteiger charge is -1.98. The molecule has 0 aromatic carbocycles. The molecule has 2 nitrogen and oxygen atoms in total. The Morgan fingerprint density at radius 2 is 2.17 bits per heavy atom. The van der Waals surface area contributed by atoms with Gasteiger partial charge in [0, 0.05) is 6.08 Å². The van der Waals surface area contributed by atoms with E-state index in [2.05, 4.69) is 29.5 Å². The van der Waals surface area contributed by atoms with Gasteiger partial charge in [0.1, 0.15) is 0 Å². The van der Waals surface area contributed by atoms with E-state index < -0.39 is 0 Å². The van der Waals surface area contributed by atoms with Gasteiger partial charge < -0.3 is 4.74 Å². The lowest BCUT2D eigenvalue weighted by Crippen LogP contribution is -1.99. The van der Waals surface area contributed by atoms with E-state index in [4.69, 9.17) is 4.74 Å². The SMILES string of the molecule is CCCC/C(I)=C\C(=O)OCC. The fourth-order valence-corrected chi connectivity index (χ4v) is 1.37. The highest BCUT2D eigenvalue weighted by Gasteiger charge is 1.98. The number of carbonyl (C=O) groups is 1. The highest BCUT2D eigenvalue weighted by atomic mass is 127. The maximum atomic E-state index is 10.9. The van der Waals surface area contributed by atoms with Crippen LogP contribution in [0.5, 0.6) is 0 Å². The van der Waals surface area contributed by atoms with Gasteiger partial charge in [0.15, 0.2) is 0 Å². The number of unbranched alkanes of at least 4 members (excludes halogenated alkanes) is 1. The van der Waals surface area contributed by atoms with Gasteiger partial charge in [-0.1, -0.05) is 13.3 Å². The van der Waals surface area contributed by atoms with Crippen molar-refractivity contribution in [1.82, 2.24) is 0 Å². The third-order valence-electron chi connectivity index (χ3n) is 1.33. The Labute approximate surface area is 87.5 Å². The lowest BCUT2D eigenvalue weighted by molar-refractivity contribution is -0.137. The first-order valence-corrected chi connectivity index (χ1v) is 5.31. The Balaban J connectivity index is 3.72. The number of rotatable bonds is 5. The van der Waals surface area contributed by atoms with Gasteiger partial charge in [0.2, 0.25) is 0 Å². The molecule has 0 rings (SSSR count). The Kier molecular flexibility index (Phi) is 7.54. The van der Waals surface area contributed by atoms with Crippen LogP contribution in [0.4, 0.5) is 0 Å². The summed E-state index contributed by atoms with van der Waals surface area (Å²) in [5.41, 5.74) is 0. The van der Waals surface area contributed by atoms with E-state index in [9.17, 15) is 4.79 Å². The summed E-state index contributed by atoms with van der Waals surface area (Å²) in [6.07, 6.45) is 4.84. The van der Waals surface area contributed by atoms with Gasteiger partial charge in [-0.25, -0.2) is 4.79 Å². The van der Waals surface area contributed by atoms with Crippen LogP contribution < -0.4 is 0 Å². The first-order valence-electron chi connectivity index (χ1n) is 4.23. The van der Waals surface area contributed by atoms with Crippen LogP contribution in [0.25, 0.3) is 0 Å². The number of allylic oxidation sites excluding steroid dienone is 1. The smallest absolute Gasteiger partial charge is 0.331 e. The molecule has 0 aliphatic heterocycles. The number of hydrogen-bond donors (Lipinski definition) is 0. The molecule has 0 spiro atoms. The fourth-order valence-electron chi connectivity index (χ4n) is 0.730. The zero-order chi connectivity index (χ0) is 9.40. The second-order valence-corrected chi connectivity index (χ2v) is 3.83. The molecule has 0 aromatic heterocycles. The van der Waals surface area contributed by atoms with Crippen molar-refractivity contribution in [1.29, 1.82) is 0 Å². The fraction of sp³-hybridized carbons (Fsp3) is 0.667. The van der Waals surface area contributed by atoms with E-state index in [-0.39, 0.29) is 5.97 Å². The minimum absolute atomic E-state index is 0.224. The molecule has 0 atom stereocenters. The standard InChI is InChI=1S/C9H15IO2/c1-3-5-6-8(10)7-9(11)12-4-2/h7H,3-6H2,1-2H3/b8-7+. The molecule has 3 heteroatoms. The molecule has 0 saturated heterocycles. The molecule has 12 heavy (non-hydrogen) atoms. The third kappa shape index (κ3) is 6.64. The first-order chi connectivity index (χ1) is 5.70. The van der Waals surface area contributed by atoms with Crippen molar-refractivity contribution >= 4 is 28.6 Å². The molecule has 70 valence electrons. The van der Waals surface area contributed by atoms with E-state index in [0.717, 1.165) is 22.8 Å². The minimum Gasteiger partial charge on any atom is -0.463 e. The predicted octanol–water partition coefficient (Wildman–Crippen LogP) is 3.06. The van der Waals surface area contributed by atoms with E-state index in [0.29, 0.717) is 6.61 Å². The zero-order valence-corrected chi connectivity index (χ0v) is 9.76. The second kappa shape index (κ2) is 7.58. The summed E-state index contributed by atoms with van der Waals surface area (Å²) < 4.78 is 5.85. The molecule has 0 aliphatic rings. The van der Waals surface area contributed by atoms with Crippen LogP contribution in [0.1, 0.15) is 33.1 Å². The van der Waals surface area contributed by atoms with E-state index >= 15 is 0 Å². The highest BCUT2D eigenvalue weighted by Crippen LogP contribution is 2.14. The zero-order valence-electron chi connectivity index (χ0n) is 7.60. The number of ether oxygens (including phenoxy) is 1. The summed E-state index contributed by atoms with van der Waals surface area (Å²) in [6.45, 7) is 4.39. The molecule has 0 heterocycles. The van der Waals surface area contributed by atoms with Crippen LogP contribution >= 0.6 is 22.6 Å². The summed E-state index contributed by atoms with van der Waals surface area (Å²) in [5, 5.41) is 0. The van der Waals surface area contributed by atoms with Crippen molar-refractivity contribution in [2.45, 2.75) is 33.1 Å². The maximum absolute atomic E-state index is 10.9. The van der Waals surface area contributed by atoms with Crippen molar-refractivity contribution in [3.8, 4) is 0 Å². The van der Waals surface area contributed by atoms with Crippen LogP contribution in [-0.4, -0.2) is 12.6 Å². The maximum Gasteiger partial charge on any atom is 0.331 e. The number of halogens is 1. The van der Waals surface area contributed by atoms with Crippen LogP contribution in [0.3, 0.4) is 0 Å². The van der Waals surface area contributed by atoms with Crippen molar-refractivity contribution in [2.24, 2.45) is 0 Å². The van der Waals surface area contributed by atoms with Gasteiger partial charge in [0.05, 0.1) is 6.61 Å². The molecule has 0 saturated carbocycles. The summed E-state index contributed by atoms with van der Waals surface area (Å²) in [4.78, 5) is 10.9. The Bertz CT molecular complexity index is 164. The van der Waals surface area contributed by atoms with Crippen molar-refractivity contribution in [3.63, 3.8) is 0 Å². The molecule has 0 aromatic rings. The normalized spacial score (nSPS) is 11.4. The average molecular weight is 282 g/mol.